The summed E-state index contributed by atoms with van der Waals surface area (Å²) in [6.45, 7) is 10.1. The molecule has 0 saturated heterocycles. The van der Waals surface area contributed by atoms with E-state index in [1.54, 1.807) is 0 Å². The van der Waals surface area contributed by atoms with Gasteiger partial charge in [-0.05, 0) is 58.4 Å². The first-order valence-electron chi connectivity index (χ1n) is 6.89. The fourth-order valence-corrected chi connectivity index (χ4v) is 2.30. The van der Waals surface area contributed by atoms with E-state index in [1.165, 1.54) is 32.1 Å². The molecule has 0 heterocycles. The number of nitrogens with one attached hydrogen (secondary N) is 1. The highest BCUT2D eigenvalue weighted by Crippen LogP contribution is 2.28. The molecule has 1 aliphatic rings. The maximum absolute atomic E-state index is 3.52. The van der Waals surface area contributed by atoms with Gasteiger partial charge in [-0.1, -0.05) is 31.9 Å². The van der Waals surface area contributed by atoms with Crippen molar-refractivity contribution in [2.75, 3.05) is 6.54 Å². The molecule has 1 heteroatoms. The number of allylic oxidation sites excluding steroid dienone is 1. The standard InChI is InChI=1S/C15H29N/c1-13-8-10-14(11-9-13)7-5-6-12-16-15(2,3)4/h5,7,13-14,16H,6,8-12H2,1-4H3/b7-5+. The van der Waals surface area contributed by atoms with E-state index in [-0.39, 0.29) is 5.54 Å². The first-order chi connectivity index (χ1) is 7.47. The van der Waals surface area contributed by atoms with Gasteiger partial charge in [0.15, 0.2) is 0 Å². The van der Waals surface area contributed by atoms with Crippen LogP contribution in [0.25, 0.3) is 0 Å². The second-order valence-electron chi connectivity index (χ2n) is 6.41. The van der Waals surface area contributed by atoms with Crippen LogP contribution in [0, 0.1) is 11.8 Å². The first kappa shape index (κ1) is 13.8. The largest absolute Gasteiger partial charge is 0.312 e. The maximum Gasteiger partial charge on any atom is 0.00966 e. The quantitative estimate of drug-likeness (QED) is 0.558. The molecule has 0 aromatic heterocycles. The van der Waals surface area contributed by atoms with Crippen LogP contribution in [0.2, 0.25) is 0 Å². The predicted octanol–water partition coefficient (Wildman–Crippen LogP) is 4.15. The molecule has 0 aromatic carbocycles. The summed E-state index contributed by atoms with van der Waals surface area (Å²) in [6, 6.07) is 0. The van der Waals surface area contributed by atoms with Crippen molar-refractivity contribution in [1.29, 1.82) is 0 Å². The van der Waals surface area contributed by atoms with E-state index in [2.05, 4.69) is 45.2 Å². The zero-order valence-electron chi connectivity index (χ0n) is 11.6. The van der Waals surface area contributed by atoms with Crippen LogP contribution < -0.4 is 5.32 Å². The molecule has 0 unspecified atom stereocenters. The summed E-state index contributed by atoms with van der Waals surface area (Å²) in [5.74, 6) is 1.83. The normalized spacial score (nSPS) is 27.5. The molecule has 1 aliphatic carbocycles. The third-order valence-electron chi connectivity index (χ3n) is 3.44. The lowest BCUT2D eigenvalue weighted by atomic mass is 9.83. The van der Waals surface area contributed by atoms with Gasteiger partial charge >= 0.3 is 0 Å². The van der Waals surface area contributed by atoms with Gasteiger partial charge in [-0.2, -0.15) is 0 Å². The topological polar surface area (TPSA) is 12.0 Å². The third-order valence-corrected chi connectivity index (χ3v) is 3.44. The van der Waals surface area contributed by atoms with Gasteiger partial charge in [0.25, 0.3) is 0 Å². The predicted molar refractivity (Wildman–Crippen MR) is 72.6 cm³/mol. The molecule has 0 aliphatic heterocycles. The minimum atomic E-state index is 0.258. The van der Waals surface area contributed by atoms with Gasteiger partial charge in [-0.15, -0.1) is 0 Å². The molecule has 1 nitrogen and oxygen atoms in total. The number of rotatable bonds is 4. The Morgan fingerprint density at radius 1 is 1.12 bits per heavy atom. The molecule has 0 amide bonds. The Kier molecular flexibility index (Phi) is 5.54. The van der Waals surface area contributed by atoms with E-state index in [1.807, 2.05) is 0 Å². The molecule has 16 heavy (non-hydrogen) atoms. The molecule has 0 radical (unpaired) electrons. The van der Waals surface area contributed by atoms with Crippen LogP contribution in [0.1, 0.15) is 59.8 Å². The molecule has 0 aromatic rings. The zero-order chi connectivity index (χ0) is 12.0. The highest BCUT2D eigenvalue weighted by Gasteiger charge is 2.15. The van der Waals surface area contributed by atoms with Crippen molar-refractivity contribution in [2.45, 2.75) is 65.3 Å². The van der Waals surface area contributed by atoms with Crippen molar-refractivity contribution >= 4 is 0 Å². The van der Waals surface area contributed by atoms with Crippen LogP contribution in [0.3, 0.4) is 0 Å². The van der Waals surface area contributed by atoms with Crippen LogP contribution in [0.4, 0.5) is 0 Å². The van der Waals surface area contributed by atoms with E-state index < -0.39 is 0 Å². The molecule has 0 atom stereocenters. The smallest absolute Gasteiger partial charge is 0.00966 e. The Morgan fingerprint density at radius 2 is 1.75 bits per heavy atom. The lowest BCUT2D eigenvalue weighted by Gasteiger charge is -2.23. The summed E-state index contributed by atoms with van der Waals surface area (Å²) in [6.07, 6.45) is 11.7. The van der Waals surface area contributed by atoms with Crippen LogP contribution in [0.15, 0.2) is 12.2 Å². The van der Waals surface area contributed by atoms with Gasteiger partial charge < -0.3 is 5.32 Å². The molecule has 0 bridgehead atoms. The van der Waals surface area contributed by atoms with E-state index in [0.29, 0.717) is 0 Å². The van der Waals surface area contributed by atoms with Crippen LogP contribution in [0.5, 0.6) is 0 Å². The number of hydrogen-bond donors (Lipinski definition) is 1. The van der Waals surface area contributed by atoms with Gasteiger partial charge in [-0.3, -0.25) is 0 Å². The molecule has 1 rings (SSSR count). The second kappa shape index (κ2) is 6.44. The van der Waals surface area contributed by atoms with Crippen molar-refractivity contribution < 1.29 is 0 Å². The molecule has 1 N–H and O–H groups in total. The first-order valence-corrected chi connectivity index (χ1v) is 6.89. The Bertz CT molecular complexity index is 204. The second-order valence-corrected chi connectivity index (χ2v) is 6.41. The molecule has 94 valence electrons. The van der Waals surface area contributed by atoms with Crippen LogP contribution >= 0.6 is 0 Å². The Morgan fingerprint density at radius 3 is 2.31 bits per heavy atom. The van der Waals surface area contributed by atoms with Gasteiger partial charge in [-0.25, -0.2) is 0 Å². The molecule has 0 spiro atoms. The fraction of sp³-hybridized carbons (Fsp3) is 0.867. The molecule has 1 saturated carbocycles. The lowest BCUT2D eigenvalue weighted by molar-refractivity contribution is 0.330. The summed E-state index contributed by atoms with van der Waals surface area (Å²) >= 11 is 0. The average Bonchev–Trinajstić information content (AvgIpc) is 2.19. The van der Waals surface area contributed by atoms with Crippen LogP contribution in [-0.4, -0.2) is 12.1 Å². The highest BCUT2D eigenvalue weighted by molar-refractivity contribution is 4.91. The highest BCUT2D eigenvalue weighted by atomic mass is 14.9. The molecule has 1 fully saturated rings. The lowest BCUT2D eigenvalue weighted by Crippen LogP contribution is -2.36. The minimum absolute atomic E-state index is 0.258. The summed E-state index contributed by atoms with van der Waals surface area (Å²) in [4.78, 5) is 0. The van der Waals surface area contributed by atoms with Crippen molar-refractivity contribution in [1.82, 2.24) is 5.32 Å². The van der Waals surface area contributed by atoms with E-state index in [9.17, 15) is 0 Å². The zero-order valence-corrected chi connectivity index (χ0v) is 11.6. The summed E-state index contributed by atoms with van der Waals surface area (Å²) < 4.78 is 0. The minimum Gasteiger partial charge on any atom is -0.312 e. The van der Waals surface area contributed by atoms with E-state index in [4.69, 9.17) is 0 Å². The van der Waals surface area contributed by atoms with Gasteiger partial charge in [0.2, 0.25) is 0 Å². The van der Waals surface area contributed by atoms with Crippen molar-refractivity contribution in [3.05, 3.63) is 12.2 Å². The van der Waals surface area contributed by atoms with Crippen LogP contribution in [-0.2, 0) is 0 Å². The Labute approximate surface area is 102 Å². The fourth-order valence-electron chi connectivity index (χ4n) is 2.30. The van der Waals surface area contributed by atoms with Gasteiger partial charge in [0.1, 0.15) is 0 Å². The van der Waals surface area contributed by atoms with Gasteiger partial charge in [0, 0.05) is 5.54 Å². The Balaban J connectivity index is 2.08. The average molecular weight is 223 g/mol. The molecular weight excluding hydrogens is 194 g/mol. The van der Waals surface area contributed by atoms with Gasteiger partial charge in [0.05, 0.1) is 0 Å². The summed E-state index contributed by atoms with van der Waals surface area (Å²) in [5, 5.41) is 3.52. The Hall–Kier alpha value is -0.300. The molecular formula is C15H29N. The summed E-state index contributed by atoms with van der Waals surface area (Å²) in [5.41, 5.74) is 0.258. The van der Waals surface area contributed by atoms with E-state index in [0.717, 1.165) is 18.4 Å². The van der Waals surface area contributed by atoms with Crippen molar-refractivity contribution in [2.24, 2.45) is 11.8 Å². The number of hydrogen-bond acceptors (Lipinski definition) is 1. The van der Waals surface area contributed by atoms with E-state index >= 15 is 0 Å². The SMILES string of the molecule is CC1CCC(/C=C/CCNC(C)(C)C)CC1. The summed E-state index contributed by atoms with van der Waals surface area (Å²) in [7, 11) is 0. The van der Waals surface area contributed by atoms with Crippen molar-refractivity contribution in [3.63, 3.8) is 0 Å². The third kappa shape index (κ3) is 6.32. The van der Waals surface area contributed by atoms with Crippen molar-refractivity contribution in [3.8, 4) is 0 Å². The maximum atomic E-state index is 3.52. The monoisotopic (exact) mass is 223 g/mol.